The highest BCUT2D eigenvalue weighted by molar-refractivity contribution is 6.16. The number of carbonyl (C=O) groups is 4. The minimum Gasteiger partial charge on any atom is -0.426 e. The molecule has 0 unspecified atom stereocenters. The lowest BCUT2D eigenvalue weighted by Gasteiger charge is -2.26. The smallest absolute Gasteiger partial charge is 0.316 e. The van der Waals surface area contributed by atoms with Gasteiger partial charge in [0.25, 0.3) is 0 Å². The predicted octanol–water partition coefficient (Wildman–Crippen LogP) is 3.56. The van der Waals surface area contributed by atoms with Crippen LogP contribution in [-0.2, 0) is 25.6 Å². The second kappa shape index (κ2) is 8.94. The number of benzene rings is 2. The van der Waals surface area contributed by atoms with Crippen LogP contribution in [0, 0.1) is 12.8 Å². The molecule has 0 aromatic heterocycles. The van der Waals surface area contributed by atoms with E-state index in [1.807, 2.05) is 31.2 Å². The first-order valence-electron chi connectivity index (χ1n) is 11.0. The Hall–Kier alpha value is -3.48. The number of rotatable bonds is 5. The van der Waals surface area contributed by atoms with Gasteiger partial charge in [-0.1, -0.05) is 25.1 Å². The molecule has 2 heterocycles. The summed E-state index contributed by atoms with van der Waals surface area (Å²) in [5.74, 6) is -1.23. The van der Waals surface area contributed by atoms with E-state index < -0.39 is 11.9 Å². The van der Waals surface area contributed by atoms with Crippen LogP contribution in [0.4, 0.5) is 11.4 Å². The molecule has 0 saturated carbocycles. The Labute approximate surface area is 187 Å². The molecule has 1 atom stereocenters. The van der Waals surface area contributed by atoms with Gasteiger partial charge in [0, 0.05) is 31.5 Å². The van der Waals surface area contributed by atoms with Crippen LogP contribution in [0.2, 0.25) is 0 Å². The molecule has 0 radical (unpaired) electrons. The number of ether oxygens (including phenoxy) is 1. The van der Waals surface area contributed by atoms with Gasteiger partial charge < -0.3 is 9.64 Å². The predicted molar refractivity (Wildman–Crippen MR) is 119 cm³/mol. The molecule has 0 spiro atoms. The molecular weight excluding hydrogens is 408 g/mol. The quantitative estimate of drug-likeness (QED) is 0.408. The Morgan fingerprint density at radius 3 is 2.41 bits per heavy atom. The molecule has 32 heavy (non-hydrogen) atoms. The number of imide groups is 1. The average Bonchev–Trinajstić information content (AvgIpc) is 3.16. The molecule has 166 valence electrons. The molecule has 0 N–H and O–H groups in total. The highest BCUT2D eigenvalue weighted by Crippen LogP contribution is 2.31. The van der Waals surface area contributed by atoms with Crippen LogP contribution in [0.15, 0.2) is 42.5 Å². The van der Waals surface area contributed by atoms with Gasteiger partial charge >= 0.3 is 5.97 Å². The zero-order chi connectivity index (χ0) is 22.8. The van der Waals surface area contributed by atoms with Crippen LogP contribution in [0.1, 0.15) is 43.7 Å². The Morgan fingerprint density at radius 2 is 1.72 bits per heavy atom. The summed E-state index contributed by atoms with van der Waals surface area (Å²) in [4.78, 5) is 52.6. The number of hydrogen-bond acceptors (Lipinski definition) is 5. The number of anilines is 2. The van der Waals surface area contributed by atoms with Crippen LogP contribution >= 0.6 is 0 Å². The van der Waals surface area contributed by atoms with Crippen molar-refractivity contribution in [3.63, 3.8) is 0 Å². The van der Waals surface area contributed by atoms with Gasteiger partial charge in [-0.25, -0.2) is 0 Å². The summed E-state index contributed by atoms with van der Waals surface area (Å²) in [5.41, 5.74) is 3.08. The summed E-state index contributed by atoms with van der Waals surface area (Å²) in [6.07, 6.45) is 2.15. The van der Waals surface area contributed by atoms with E-state index in [1.165, 1.54) is 4.90 Å². The van der Waals surface area contributed by atoms with Gasteiger partial charge in [-0.15, -0.1) is 0 Å². The largest absolute Gasteiger partial charge is 0.426 e. The van der Waals surface area contributed by atoms with E-state index in [4.69, 9.17) is 4.74 Å². The van der Waals surface area contributed by atoms with Crippen molar-refractivity contribution in [2.75, 3.05) is 16.3 Å². The number of aryl methyl sites for hydroxylation is 2. The number of carbonyl (C=O) groups excluding carboxylic acids is 4. The molecule has 7 nitrogen and oxygen atoms in total. The zero-order valence-electron chi connectivity index (χ0n) is 18.3. The highest BCUT2D eigenvalue weighted by Gasteiger charge is 2.37. The number of hydrogen-bond donors (Lipinski definition) is 0. The number of nitrogens with zero attached hydrogens (tertiary/aromatic N) is 2. The number of para-hydroxylation sites is 1. The Balaban J connectivity index is 1.46. The Morgan fingerprint density at radius 1 is 1.00 bits per heavy atom. The molecule has 2 saturated heterocycles. The van der Waals surface area contributed by atoms with Gasteiger partial charge in [0.15, 0.2) is 0 Å². The van der Waals surface area contributed by atoms with Crippen LogP contribution in [0.25, 0.3) is 0 Å². The maximum Gasteiger partial charge on any atom is 0.316 e. The van der Waals surface area contributed by atoms with Gasteiger partial charge in [0.2, 0.25) is 17.7 Å². The average molecular weight is 434 g/mol. The van der Waals surface area contributed by atoms with Crippen molar-refractivity contribution in [3.05, 3.63) is 53.6 Å². The van der Waals surface area contributed by atoms with Crippen molar-refractivity contribution in [2.45, 2.75) is 46.0 Å². The van der Waals surface area contributed by atoms with Crippen molar-refractivity contribution in [1.82, 2.24) is 0 Å². The standard InChI is InChI=1S/C25H26N2O5/c1-3-17-7-4-5-8-21(17)26-15-18(14-24(26)30)25(31)32-19-11-12-20(16(2)13-19)27-22(28)9-6-10-23(27)29/h4-5,7-8,11-13,18H,3,6,9-10,14-15H2,1-2H3/t18-/m1/s1. The lowest BCUT2D eigenvalue weighted by Crippen LogP contribution is -2.40. The molecule has 2 aliphatic heterocycles. The van der Waals surface area contributed by atoms with Crippen molar-refractivity contribution >= 4 is 35.1 Å². The van der Waals surface area contributed by atoms with E-state index in [1.54, 1.807) is 30.0 Å². The molecule has 0 bridgehead atoms. The van der Waals surface area contributed by atoms with Crippen LogP contribution in [0.5, 0.6) is 5.75 Å². The van der Waals surface area contributed by atoms with Gasteiger partial charge in [-0.05, 0) is 55.2 Å². The summed E-state index contributed by atoms with van der Waals surface area (Å²) in [6, 6.07) is 12.6. The molecule has 0 aliphatic carbocycles. The maximum absolute atomic E-state index is 12.8. The second-order valence-corrected chi connectivity index (χ2v) is 8.23. The van der Waals surface area contributed by atoms with Crippen molar-refractivity contribution in [3.8, 4) is 5.75 Å². The van der Waals surface area contributed by atoms with Crippen LogP contribution in [0.3, 0.4) is 0 Å². The van der Waals surface area contributed by atoms with E-state index in [-0.39, 0.29) is 30.7 Å². The molecule has 2 aromatic rings. The first-order chi connectivity index (χ1) is 15.4. The fourth-order valence-corrected chi connectivity index (χ4v) is 4.34. The third-order valence-corrected chi connectivity index (χ3v) is 6.03. The molecular formula is C25H26N2O5. The van der Waals surface area contributed by atoms with E-state index in [2.05, 4.69) is 0 Å². The fraction of sp³-hybridized carbons (Fsp3) is 0.360. The van der Waals surface area contributed by atoms with Crippen LogP contribution < -0.4 is 14.5 Å². The van der Waals surface area contributed by atoms with Crippen LogP contribution in [-0.4, -0.2) is 30.2 Å². The van der Waals surface area contributed by atoms with Crippen molar-refractivity contribution in [2.24, 2.45) is 5.92 Å². The lowest BCUT2D eigenvalue weighted by atomic mass is 10.1. The van der Waals surface area contributed by atoms with Gasteiger partial charge in [-0.3, -0.25) is 24.1 Å². The molecule has 3 amide bonds. The maximum atomic E-state index is 12.8. The minimum absolute atomic E-state index is 0.0958. The number of amides is 3. The molecule has 2 aliphatic rings. The number of piperidine rings is 1. The van der Waals surface area contributed by atoms with E-state index >= 15 is 0 Å². The SMILES string of the molecule is CCc1ccccc1N1C[C@H](C(=O)Oc2ccc(N3C(=O)CCCC3=O)c(C)c2)CC1=O. The summed E-state index contributed by atoms with van der Waals surface area (Å²) in [6.45, 7) is 4.08. The van der Waals surface area contributed by atoms with E-state index in [0.717, 1.165) is 17.7 Å². The lowest BCUT2D eigenvalue weighted by molar-refractivity contribution is -0.139. The molecule has 4 rings (SSSR count). The Bertz CT molecular complexity index is 1080. The first kappa shape index (κ1) is 21.7. The Kier molecular flexibility index (Phi) is 6.08. The zero-order valence-corrected chi connectivity index (χ0v) is 18.3. The second-order valence-electron chi connectivity index (χ2n) is 8.23. The highest BCUT2D eigenvalue weighted by atomic mass is 16.5. The summed E-state index contributed by atoms with van der Waals surface area (Å²) in [5, 5.41) is 0. The third-order valence-electron chi connectivity index (χ3n) is 6.03. The number of esters is 1. The summed E-state index contributed by atoms with van der Waals surface area (Å²) < 4.78 is 5.56. The van der Waals surface area contributed by atoms with E-state index in [0.29, 0.717) is 36.3 Å². The van der Waals surface area contributed by atoms with Crippen molar-refractivity contribution in [1.29, 1.82) is 0 Å². The summed E-state index contributed by atoms with van der Waals surface area (Å²) in [7, 11) is 0. The fourth-order valence-electron chi connectivity index (χ4n) is 4.34. The van der Waals surface area contributed by atoms with Gasteiger partial charge in [0.1, 0.15) is 5.75 Å². The summed E-state index contributed by atoms with van der Waals surface area (Å²) >= 11 is 0. The molecule has 7 heteroatoms. The third kappa shape index (κ3) is 4.15. The van der Waals surface area contributed by atoms with Gasteiger partial charge in [-0.2, -0.15) is 0 Å². The molecule has 2 fully saturated rings. The monoisotopic (exact) mass is 434 g/mol. The first-order valence-corrected chi connectivity index (χ1v) is 11.0. The van der Waals surface area contributed by atoms with E-state index in [9.17, 15) is 19.2 Å². The topological polar surface area (TPSA) is 84.0 Å². The minimum atomic E-state index is -0.558. The normalized spacial score (nSPS) is 18.9. The van der Waals surface area contributed by atoms with Crippen molar-refractivity contribution < 1.29 is 23.9 Å². The molecule has 2 aromatic carbocycles. The van der Waals surface area contributed by atoms with Gasteiger partial charge in [0.05, 0.1) is 11.6 Å².